The van der Waals surface area contributed by atoms with E-state index in [0.717, 1.165) is 16.9 Å². The van der Waals surface area contributed by atoms with Crippen LogP contribution in [0.15, 0.2) is 48.5 Å². The monoisotopic (exact) mass is 262 g/mol. The number of nitrogens with one attached hydrogen (secondary N) is 1. The summed E-state index contributed by atoms with van der Waals surface area (Å²) in [5, 5.41) is 0.673. The summed E-state index contributed by atoms with van der Waals surface area (Å²) in [5.41, 5.74) is 4.66. The molecule has 2 aromatic carbocycles. The van der Waals surface area contributed by atoms with Crippen LogP contribution in [0.3, 0.4) is 0 Å². The summed E-state index contributed by atoms with van der Waals surface area (Å²) in [6.07, 6.45) is 0. The number of rotatable bonds is 4. The Morgan fingerprint density at radius 2 is 1.67 bits per heavy atom. The van der Waals surface area contributed by atoms with Gasteiger partial charge in [-0.15, -0.1) is 0 Å². The van der Waals surface area contributed by atoms with Gasteiger partial charge >= 0.3 is 0 Å². The van der Waals surface area contributed by atoms with Crippen molar-refractivity contribution in [2.45, 2.75) is 6.04 Å². The molecule has 1 unspecified atom stereocenters. The van der Waals surface area contributed by atoms with E-state index in [-0.39, 0.29) is 6.04 Å². The van der Waals surface area contributed by atoms with E-state index in [9.17, 15) is 0 Å². The van der Waals surface area contributed by atoms with Crippen molar-refractivity contribution in [2.75, 3.05) is 7.11 Å². The highest BCUT2D eigenvalue weighted by Crippen LogP contribution is 2.32. The van der Waals surface area contributed by atoms with Crippen molar-refractivity contribution in [3.63, 3.8) is 0 Å². The molecule has 0 bridgehead atoms. The van der Waals surface area contributed by atoms with Crippen molar-refractivity contribution in [1.82, 2.24) is 5.43 Å². The second-order valence-corrected chi connectivity index (χ2v) is 4.27. The third-order valence-corrected chi connectivity index (χ3v) is 3.18. The first-order valence-corrected chi connectivity index (χ1v) is 5.99. The van der Waals surface area contributed by atoms with Gasteiger partial charge in [-0.2, -0.15) is 0 Å². The zero-order chi connectivity index (χ0) is 13.0. The fraction of sp³-hybridized carbons (Fsp3) is 0.143. The summed E-state index contributed by atoms with van der Waals surface area (Å²) in [6, 6.07) is 15.1. The van der Waals surface area contributed by atoms with Crippen molar-refractivity contribution in [2.24, 2.45) is 5.84 Å². The molecule has 4 heteroatoms. The van der Waals surface area contributed by atoms with Crippen LogP contribution in [0.4, 0.5) is 0 Å². The van der Waals surface area contributed by atoms with Crippen LogP contribution in [0.5, 0.6) is 5.75 Å². The first kappa shape index (κ1) is 12.9. The van der Waals surface area contributed by atoms with E-state index in [1.54, 1.807) is 7.11 Å². The Morgan fingerprint density at radius 3 is 2.28 bits per heavy atom. The maximum atomic E-state index is 6.21. The topological polar surface area (TPSA) is 47.3 Å². The largest absolute Gasteiger partial charge is 0.496 e. The molecular weight excluding hydrogens is 248 g/mol. The van der Waals surface area contributed by atoms with Gasteiger partial charge in [-0.25, -0.2) is 5.43 Å². The Morgan fingerprint density at radius 1 is 1.06 bits per heavy atom. The Balaban J connectivity index is 2.49. The molecule has 0 aromatic heterocycles. The highest BCUT2D eigenvalue weighted by atomic mass is 35.5. The molecule has 1 atom stereocenters. The first-order chi connectivity index (χ1) is 8.77. The number of halogens is 1. The molecule has 2 aromatic rings. The van der Waals surface area contributed by atoms with Crippen LogP contribution in [0.25, 0.3) is 0 Å². The van der Waals surface area contributed by atoms with Crippen molar-refractivity contribution >= 4 is 11.6 Å². The maximum absolute atomic E-state index is 6.21. The molecule has 18 heavy (non-hydrogen) atoms. The van der Waals surface area contributed by atoms with E-state index in [1.165, 1.54) is 0 Å². The first-order valence-electron chi connectivity index (χ1n) is 5.61. The van der Waals surface area contributed by atoms with E-state index in [4.69, 9.17) is 22.2 Å². The number of benzene rings is 2. The molecule has 0 aliphatic heterocycles. The zero-order valence-corrected chi connectivity index (χ0v) is 10.8. The van der Waals surface area contributed by atoms with Crippen molar-refractivity contribution in [3.05, 3.63) is 64.7 Å². The summed E-state index contributed by atoms with van der Waals surface area (Å²) in [5.74, 6) is 6.44. The van der Waals surface area contributed by atoms with Crippen molar-refractivity contribution in [1.29, 1.82) is 0 Å². The number of hydrogen-bond acceptors (Lipinski definition) is 3. The minimum absolute atomic E-state index is 0.199. The Kier molecular flexibility index (Phi) is 4.20. The van der Waals surface area contributed by atoms with Gasteiger partial charge in [0.2, 0.25) is 0 Å². The maximum Gasteiger partial charge on any atom is 0.124 e. The molecule has 3 nitrogen and oxygen atoms in total. The molecule has 0 saturated carbocycles. The van der Waals surface area contributed by atoms with Gasteiger partial charge in [-0.1, -0.05) is 48.0 Å². The zero-order valence-electron chi connectivity index (χ0n) is 10.1. The highest BCUT2D eigenvalue weighted by molar-refractivity contribution is 6.31. The quantitative estimate of drug-likeness (QED) is 0.658. The van der Waals surface area contributed by atoms with Crippen LogP contribution in [0, 0.1) is 0 Å². The van der Waals surface area contributed by atoms with Gasteiger partial charge in [-0.3, -0.25) is 5.84 Å². The van der Waals surface area contributed by atoms with Crippen LogP contribution in [-0.2, 0) is 0 Å². The molecule has 2 rings (SSSR count). The lowest BCUT2D eigenvalue weighted by atomic mass is 9.98. The fourth-order valence-corrected chi connectivity index (χ4v) is 2.21. The van der Waals surface area contributed by atoms with Gasteiger partial charge in [0.15, 0.2) is 0 Å². The second-order valence-electron chi connectivity index (χ2n) is 3.86. The average molecular weight is 263 g/mol. The number of nitrogens with two attached hydrogens (primary N) is 1. The van der Waals surface area contributed by atoms with Crippen LogP contribution >= 0.6 is 11.6 Å². The number of hydrogen-bond donors (Lipinski definition) is 2. The van der Waals surface area contributed by atoms with E-state index < -0.39 is 0 Å². The summed E-state index contributed by atoms with van der Waals surface area (Å²) in [7, 11) is 1.64. The summed E-state index contributed by atoms with van der Waals surface area (Å²) < 4.78 is 5.35. The summed E-state index contributed by atoms with van der Waals surface area (Å²) in [6.45, 7) is 0. The van der Waals surface area contributed by atoms with Crippen LogP contribution in [-0.4, -0.2) is 7.11 Å². The number of ether oxygens (including phenoxy) is 1. The van der Waals surface area contributed by atoms with Gasteiger partial charge in [0.25, 0.3) is 0 Å². The van der Waals surface area contributed by atoms with E-state index in [2.05, 4.69) is 5.43 Å². The van der Waals surface area contributed by atoms with Gasteiger partial charge in [-0.05, 0) is 17.7 Å². The third-order valence-electron chi connectivity index (χ3n) is 2.83. The predicted molar refractivity (Wildman–Crippen MR) is 73.6 cm³/mol. The molecule has 0 fully saturated rings. The minimum atomic E-state index is -0.199. The highest BCUT2D eigenvalue weighted by Gasteiger charge is 2.18. The number of hydrazine groups is 1. The van der Waals surface area contributed by atoms with Crippen molar-refractivity contribution < 1.29 is 4.74 Å². The molecule has 3 N–H and O–H groups in total. The second kappa shape index (κ2) is 5.87. The average Bonchev–Trinajstić information content (AvgIpc) is 2.42. The molecule has 0 saturated heterocycles. The summed E-state index contributed by atoms with van der Waals surface area (Å²) in [4.78, 5) is 0. The van der Waals surface area contributed by atoms with Crippen LogP contribution in [0.1, 0.15) is 17.2 Å². The third kappa shape index (κ3) is 2.48. The number of para-hydroxylation sites is 1. The number of methoxy groups -OCH3 is 1. The van der Waals surface area contributed by atoms with E-state index in [0.29, 0.717) is 5.02 Å². The van der Waals surface area contributed by atoms with E-state index in [1.807, 2.05) is 48.5 Å². The van der Waals surface area contributed by atoms with Gasteiger partial charge in [0.05, 0.1) is 13.2 Å². The minimum Gasteiger partial charge on any atom is -0.496 e. The molecular formula is C14H15ClN2O. The molecule has 0 aliphatic carbocycles. The Labute approximate surface area is 111 Å². The summed E-state index contributed by atoms with van der Waals surface area (Å²) >= 11 is 6.21. The SMILES string of the molecule is COc1ccccc1C(NN)c1ccccc1Cl. The molecule has 94 valence electrons. The van der Waals surface area contributed by atoms with Gasteiger partial charge in [0.1, 0.15) is 5.75 Å². The molecule has 0 radical (unpaired) electrons. The van der Waals surface area contributed by atoms with Crippen molar-refractivity contribution in [3.8, 4) is 5.75 Å². The Hall–Kier alpha value is -1.55. The lowest BCUT2D eigenvalue weighted by Gasteiger charge is -2.20. The van der Waals surface area contributed by atoms with Crippen LogP contribution < -0.4 is 16.0 Å². The standard InChI is InChI=1S/C14H15ClN2O/c1-18-13-9-5-3-7-11(13)14(17-16)10-6-2-4-8-12(10)15/h2-9,14,17H,16H2,1H3. The Bertz CT molecular complexity index is 531. The smallest absolute Gasteiger partial charge is 0.124 e. The molecule has 0 spiro atoms. The van der Waals surface area contributed by atoms with Gasteiger partial charge in [0, 0.05) is 10.6 Å². The van der Waals surface area contributed by atoms with E-state index >= 15 is 0 Å². The molecule has 0 amide bonds. The predicted octanol–water partition coefficient (Wildman–Crippen LogP) is 2.90. The normalized spacial score (nSPS) is 12.2. The van der Waals surface area contributed by atoms with Gasteiger partial charge < -0.3 is 4.74 Å². The molecule has 0 heterocycles. The lowest BCUT2D eigenvalue weighted by molar-refractivity contribution is 0.404. The lowest BCUT2D eigenvalue weighted by Crippen LogP contribution is -2.29. The fourth-order valence-electron chi connectivity index (χ4n) is 1.96. The van der Waals surface area contributed by atoms with Crippen LogP contribution in [0.2, 0.25) is 5.02 Å². The molecule has 0 aliphatic rings.